The van der Waals surface area contributed by atoms with Crippen molar-refractivity contribution in [3.05, 3.63) is 53.9 Å². The molecular weight excluding hydrogens is 358 g/mol. The van der Waals surface area contributed by atoms with Gasteiger partial charge in [0, 0.05) is 18.8 Å². The van der Waals surface area contributed by atoms with Crippen molar-refractivity contribution in [3.8, 4) is 11.5 Å². The van der Waals surface area contributed by atoms with Crippen molar-refractivity contribution in [2.24, 2.45) is 0 Å². The van der Waals surface area contributed by atoms with E-state index in [1.54, 1.807) is 21.1 Å². The first-order valence-electron chi connectivity index (χ1n) is 9.25. The minimum absolute atomic E-state index is 0.314. The summed E-state index contributed by atoms with van der Waals surface area (Å²) in [6.07, 6.45) is 2.12. The summed E-state index contributed by atoms with van der Waals surface area (Å²) < 4.78 is 18.4. The molecule has 7 heteroatoms. The molecule has 148 valence electrons. The van der Waals surface area contributed by atoms with E-state index in [0.29, 0.717) is 36.8 Å². The number of hydrogen-bond acceptors (Lipinski definition) is 5. The minimum Gasteiger partial charge on any atom is -0.496 e. The van der Waals surface area contributed by atoms with Gasteiger partial charge >= 0.3 is 6.09 Å². The Morgan fingerprint density at radius 3 is 2.61 bits per heavy atom. The van der Waals surface area contributed by atoms with Crippen molar-refractivity contribution in [2.45, 2.75) is 26.9 Å². The third-order valence-electron chi connectivity index (χ3n) is 4.43. The van der Waals surface area contributed by atoms with Crippen LogP contribution in [0.2, 0.25) is 0 Å². The zero-order chi connectivity index (χ0) is 20.1. The lowest BCUT2D eigenvalue weighted by atomic mass is 10.2. The van der Waals surface area contributed by atoms with Crippen LogP contribution in [0.4, 0.5) is 10.6 Å². The van der Waals surface area contributed by atoms with Gasteiger partial charge in [0.05, 0.1) is 19.4 Å². The number of aryl methyl sites for hydroxylation is 1. The Balaban J connectivity index is 1.96. The van der Waals surface area contributed by atoms with Crippen molar-refractivity contribution >= 4 is 17.6 Å². The molecule has 1 aromatic carbocycles. The van der Waals surface area contributed by atoms with E-state index in [2.05, 4.69) is 0 Å². The van der Waals surface area contributed by atoms with Crippen LogP contribution in [0.25, 0.3) is 5.65 Å². The van der Waals surface area contributed by atoms with Gasteiger partial charge in [0.25, 0.3) is 0 Å². The highest BCUT2D eigenvalue weighted by Crippen LogP contribution is 2.29. The largest absolute Gasteiger partial charge is 0.496 e. The van der Waals surface area contributed by atoms with Gasteiger partial charge < -0.3 is 14.2 Å². The second-order valence-corrected chi connectivity index (χ2v) is 6.16. The van der Waals surface area contributed by atoms with Gasteiger partial charge in [-0.3, -0.25) is 9.30 Å². The number of imidazole rings is 1. The predicted molar refractivity (Wildman–Crippen MR) is 107 cm³/mol. The molecule has 0 bridgehead atoms. The summed E-state index contributed by atoms with van der Waals surface area (Å²) in [5.74, 6) is 2.08. The van der Waals surface area contributed by atoms with Crippen LogP contribution in [0.5, 0.6) is 11.5 Å². The van der Waals surface area contributed by atoms with Gasteiger partial charge in [-0.2, -0.15) is 0 Å². The number of methoxy groups -OCH3 is 1. The number of carbonyl (C=O) groups excluding carboxylic acids is 1. The van der Waals surface area contributed by atoms with Crippen molar-refractivity contribution in [1.29, 1.82) is 0 Å². The second-order valence-electron chi connectivity index (χ2n) is 6.16. The molecule has 0 fully saturated rings. The third kappa shape index (κ3) is 3.74. The van der Waals surface area contributed by atoms with Crippen LogP contribution in [0.15, 0.2) is 42.6 Å². The molecule has 28 heavy (non-hydrogen) atoms. The summed E-state index contributed by atoms with van der Waals surface area (Å²) in [4.78, 5) is 18.4. The lowest BCUT2D eigenvalue weighted by molar-refractivity contribution is 0.161. The van der Waals surface area contributed by atoms with Crippen LogP contribution in [-0.4, -0.2) is 36.2 Å². The predicted octanol–water partition coefficient (Wildman–Crippen LogP) is 4.08. The van der Waals surface area contributed by atoms with Gasteiger partial charge in [-0.1, -0.05) is 25.1 Å². The van der Waals surface area contributed by atoms with E-state index in [1.807, 2.05) is 53.9 Å². The Bertz CT molecular complexity index is 967. The van der Waals surface area contributed by atoms with E-state index < -0.39 is 6.09 Å². The molecule has 0 aliphatic rings. The monoisotopic (exact) mass is 383 g/mol. The minimum atomic E-state index is -0.417. The summed E-state index contributed by atoms with van der Waals surface area (Å²) in [7, 11) is 3.32. The lowest BCUT2D eigenvalue weighted by Gasteiger charge is -2.17. The first kappa shape index (κ1) is 19.5. The molecule has 2 heterocycles. The average Bonchev–Trinajstić information content (AvgIpc) is 3.11. The normalized spacial score (nSPS) is 10.7. The molecular formula is C21H25N3O4. The SMILES string of the molecule is CCOC(=O)N(C)c1c(CC)nc2c(OCc3ccccc3OC)cccn12. The first-order valence-corrected chi connectivity index (χ1v) is 9.25. The van der Waals surface area contributed by atoms with Crippen LogP contribution in [-0.2, 0) is 17.8 Å². The Morgan fingerprint density at radius 2 is 1.89 bits per heavy atom. The fraction of sp³-hybridized carbons (Fsp3) is 0.333. The van der Waals surface area contributed by atoms with Gasteiger partial charge in [-0.05, 0) is 31.5 Å². The van der Waals surface area contributed by atoms with Crippen LogP contribution < -0.4 is 14.4 Å². The van der Waals surface area contributed by atoms with E-state index >= 15 is 0 Å². The van der Waals surface area contributed by atoms with Crippen molar-refractivity contribution in [1.82, 2.24) is 9.38 Å². The topological polar surface area (TPSA) is 65.3 Å². The number of ether oxygens (including phenoxy) is 3. The number of benzene rings is 1. The number of rotatable bonds is 7. The van der Waals surface area contributed by atoms with Crippen LogP contribution in [0, 0.1) is 0 Å². The Hall–Kier alpha value is -3.22. The molecule has 0 spiro atoms. The molecule has 0 aliphatic heterocycles. The van der Waals surface area contributed by atoms with Gasteiger partial charge in [0.1, 0.15) is 18.2 Å². The summed E-state index contributed by atoms with van der Waals surface area (Å²) in [6, 6.07) is 11.5. The van der Waals surface area contributed by atoms with E-state index in [-0.39, 0.29) is 0 Å². The maximum Gasteiger partial charge on any atom is 0.415 e. The second kappa shape index (κ2) is 8.65. The number of nitrogens with zero attached hydrogens (tertiary/aromatic N) is 3. The lowest BCUT2D eigenvalue weighted by Crippen LogP contribution is -2.29. The summed E-state index contributed by atoms with van der Waals surface area (Å²) in [5, 5.41) is 0. The fourth-order valence-electron chi connectivity index (χ4n) is 3.07. The number of aromatic nitrogens is 2. The fourth-order valence-corrected chi connectivity index (χ4v) is 3.07. The van der Waals surface area contributed by atoms with E-state index in [0.717, 1.165) is 17.0 Å². The van der Waals surface area contributed by atoms with Crippen molar-refractivity contribution in [2.75, 3.05) is 25.7 Å². The molecule has 0 radical (unpaired) electrons. The quantitative estimate of drug-likeness (QED) is 0.615. The standard InChI is InChI=1S/C21H25N3O4/c1-5-16-20(23(3)21(25)27-6-2)24-13-9-12-18(19(24)22-16)28-14-15-10-7-8-11-17(15)26-4/h7-13H,5-6,14H2,1-4H3. The molecule has 0 aliphatic carbocycles. The highest BCUT2D eigenvalue weighted by atomic mass is 16.6. The molecule has 3 aromatic rings. The van der Waals surface area contributed by atoms with Crippen LogP contribution >= 0.6 is 0 Å². The number of carbonyl (C=O) groups is 1. The maximum atomic E-state index is 12.2. The third-order valence-corrected chi connectivity index (χ3v) is 4.43. The summed E-state index contributed by atoms with van der Waals surface area (Å²) in [6.45, 7) is 4.44. The first-order chi connectivity index (χ1) is 13.6. The highest BCUT2D eigenvalue weighted by molar-refractivity contribution is 5.87. The zero-order valence-electron chi connectivity index (χ0n) is 16.6. The number of hydrogen-bond donors (Lipinski definition) is 0. The number of pyridine rings is 1. The zero-order valence-corrected chi connectivity index (χ0v) is 16.6. The van der Waals surface area contributed by atoms with Crippen LogP contribution in [0.3, 0.4) is 0 Å². The Labute approximate surface area is 164 Å². The number of fused-ring (bicyclic) bond motifs is 1. The van der Waals surface area contributed by atoms with E-state index in [9.17, 15) is 4.79 Å². The van der Waals surface area contributed by atoms with Gasteiger partial charge in [0.2, 0.25) is 0 Å². The molecule has 0 N–H and O–H groups in total. The van der Waals surface area contributed by atoms with E-state index in [4.69, 9.17) is 19.2 Å². The molecule has 0 saturated heterocycles. The smallest absolute Gasteiger partial charge is 0.415 e. The maximum absolute atomic E-state index is 12.2. The highest BCUT2D eigenvalue weighted by Gasteiger charge is 2.22. The van der Waals surface area contributed by atoms with Gasteiger partial charge in [0.15, 0.2) is 11.4 Å². The average molecular weight is 383 g/mol. The molecule has 0 saturated carbocycles. The van der Waals surface area contributed by atoms with Gasteiger partial charge in [-0.15, -0.1) is 0 Å². The van der Waals surface area contributed by atoms with Crippen LogP contribution in [0.1, 0.15) is 25.1 Å². The molecule has 0 atom stereocenters. The molecule has 1 amide bonds. The molecule has 0 unspecified atom stereocenters. The number of para-hydroxylation sites is 1. The van der Waals surface area contributed by atoms with Gasteiger partial charge in [-0.25, -0.2) is 9.78 Å². The molecule has 3 rings (SSSR count). The molecule has 2 aromatic heterocycles. The number of amides is 1. The number of anilines is 1. The van der Waals surface area contributed by atoms with E-state index in [1.165, 1.54) is 4.90 Å². The Morgan fingerprint density at radius 1 is 1.14 bits per heavy atom. The Kier molecular flexibility index (Phi) is 6.03. The molecule has 7 nitrogen and oxygen atoms in total. The summed E-state index contributed by atoms with van der Waals surface area (Å²) >= 11 is 0. The van der Waals surface area contributed by atoms with Crippen molar-refractivity contribution < 1.29 is 19.0 Å². The van der Waals surface area contributed by atoms with Crippen molar-refractivity contribution in [3.63, 3.8) is 0 Å². The summed E-state index contributed by atoms with van der Waals surface area (Å²) in [5.41, 5.74) is 2.39.